The topological polar surface area (TPSA) is 53.9 Å². The van der Waals surface area contributed by atoms with Gasteiger partial charge in [0.05, 0.1) is 6.20 Å². The molecule has 3 aromatic rings. The first-order valence-corrected chi connectivity index (χ1v) is 8.59. The third-order valence-electron chi connectivity index (χ3n) is 4.41. The van der Waals surface area contributed by atoms with E-state index >= 15 is 0 Å². The highest BCUT2D eigenvalue weighted by Crippen LogP contribution is 2.32. The smallest absolute Gasteiger partial charge is 0.249 e. The second-order valence-electron chi connectivity index (χ2n) is 6.52. The highest BCUT2D eigenvalue weighted by molar-refractivity contribution is 5.66. The molecule has 0 fully saturated rings. The van der Waals surface area contributed by atoms with Crippen LogP contribution in [0.3, 0.4) is 0 Å². The summed E-state index contributed by atoms with van der Waals surface area (Å²) in [6, 6.07) is 14.8. The molecule has 0 saturated carbocycles. The summed E-state index contributed by atoms with van der Waals surface area (Å²) in [5.74, 6) is 1.35. The summed E-state index contributed by atoms with van der Waals surface area (Å²) in [7, 11) is 0. The molecule has 0 saturated heterocycles. The summed E-state index contributed by atoms with van der Waals surface area (Å²) >= 11 is 0. The van der Waals surface area contributed by atoms with Crippen molar-refractivity contribution in [1.82, 2.24) is 15.2 Å². The normalized spacial score (nSPS) is 13.4. The molecule has 25 heavy (non-hydrogen) atoms. The van der Waals surface area contributed by atoms with Gasteiger partial charge in [-0.2, -0.15) is 10.1 Å². The van der Waals surface area contributed by atoms with E-state index in [0.717, 1.165) is 30.9 Å². The molecule has 1 aromatic heterocycles. The molecule has 0 amide bonds. The first-order valence-electron chi connectivity index (χ1n) is 8.59. The standard InChI is InChI=1S/C20H21N5/c1-14-10-15(2)12-17(11-14)22-20-23-19(13-21-24-20)25-9-5-7-16-6-3-4-8-18(16)25/h3-4,6,8,10-13H,5,7,9H2,1-2H3,(H,22,23,24). The van der Waals surface area contributed by atoms with Crippen molar-refractivity contribution in [3.05, 3.63) is 65.4 Å². The fraction of sp³-hybridized carbons (Fsp3) is 0.250. The zero-order valence-electron chi connectivity index (χ0n) is 14.5. The van der Waals surface area contributed by atoms with Gasteiger partial charge >= 0.3 is 0 Å². The Balaban J connectivity index is 1.64. The van der Waals surface area contributed by atoms with Gasteiger partial charge in [-0.1, -0.05) is 24.3 Å². The largest absolute Gasteiger partial charge is 0.325 e. The lowest BCUT2D eigenvalue weighted by Crippen LogP contribution is -2.25. The molecular weight excluding hydrogens is 310 g/mol. The number of nitrogens with zero attached hydrogens (tertiary/aromatic N) is 4. The minimum atomic E-state index is 0.519. The van der Waals surface area contributed by atoms with Gasteiger partial charge in [0.25, 0.3) is 0 Å². The maximum Gasteiger partial charge on any atom is 0.249 e. The average molecular weight is 331 g/mol. The predicted molar refractivity (Wildman–Crippen MR) is 101 cm³/mol. The highest BCUT2D eigenvalue weighted by Gasteiger charge is 2.19. The Morgan fingerprint density at radius 3 is 2.68 bits per heavy atom. The van der Waals surface area contributed by atoms with Gasteiger partial charge in [0.1, 0.15) is 0 Å². The third kappa shape index (κ3) is 3.31. The van der Waals surface area contributed by atoms with Crippen molar-refractivity contribution in [2.24, 2.45) is 0 Å². The lowest BCUT2D eigenvalue weighted by Gasteiger charge is -2.30. The lowest BCUT2D eigenvalue weighted by molar-refractivity contribution is 0.754. The van der Waals surface area contributed by atoms with Gasteiger partial charge in [-0.3, -0.25) is 0 Å². The van der Waals surface area contributed by atoms with Crippen LogP contribution in [0.4, 0.5) is 23.1 Å². The molecule has 0 bridgehead atoms. The lowest BCUT2D eigenvalue weighted by atomic mass is 10.0. The Morgan fingerprint density at radius 1 is 1.04 bits per heavy atom. The van der Waals surface area contributed by atoms with Crippen LogP contribution >= 0.6 is 0 Å². The number of fused-ring (bicyclic) bond motifs is 1. The van der Waals surface area contributed by atoms with Crippen LogP contribution in [-0.4, -0.2) is 21.7 Å². The van der Waals surface area contributed by atoms with E-state index in [9.17, 15) is 0 Å². The molecule has 0 spiro atoms. The summed E-state index contributed by atoms with van der Waals surface area (Å²) in [5.41, 5.74) is 5.96. The molecule has 1 aliphatic heterocycles. The first kappa shape index (κ1) is 15.6. The van der Waals surface area contributed by atoms with Gasteiger partial charge < -0.3 is 10.2 Å². The number of hydrogen-bond acceptors (Lipinski definition) is 5. The van der Waals surface area contributed by atoms with E-state index in [-0.39, 0.29) is 0 Å². The maximum absolute atomic E-state index is 4.69. The van der Waals surface area contributed by atoms with E-state index in [0.29, 0.717) is 5.95 Å². The fourth-order valence-corrected chi connectivity index (χ4v) is 3.43. The van der Waals surface area contributed by atoms with Gasteiger partial charge in [-0.05, 0) is 61.6 Å². The van der Waals surface area contributed by atoms with Crippen molar-refractivity contribution >= 4 is 23.1 Å². The monoisotopic (exact) mass is 331 g/mol. The Kier molecular flexibility index (Phi) is 4.06. The summed E-state index contributed by atoms with van der Waals surface area (Å²) in [4.78, 5) is 6.91. The molecule has 0 atom stereocenters. The van der Waals surface area contributed by atoms with E-state index in [1.165, 1.54) is 22.4 Å². The van der Waals surface area contributed by atoms with Crippen LogP contribution in [0.1, 0.15) is 23.1 Å². The first-order chi connectivity index (χ1) is 12.2. The zero-order valence-corrected chi connectivity index (χ0v) is 14.5. The number of aryl methyl sites for hydroxylation is 3. The van der Waals surface area contributed by atoms with Crippen molar-refractivity contribution in [1.29, 1.82) is 0 Å². The van der Waals surface area contributed by atoms with Crippen LogP contribution in [0.15, 0.2) is 48.7 Å². The maximum atomic E-state index is 4.69. The average Bonchev–Trinajstić information content (AvgIpc) is 2.60. The van der Waals surface area contributed by atoms with Crippen LogP contribution in [0, 0.1) is 13.8 Å². The fourth-order valence-electron chi connectivity index (χ4n) is 3.43. The van der Waals surface area contributed by atoms with E-state index < -0.39 is 0 Å². The molecule has 5 nitrogen and oxygen atoms in total. The second kappa shape index (κ2) is 6.51. The number of anilines is 4. The molecular formula is C20H21N5. The van der Waals surface area contributed by atoms with Crippen LogP contribution in [-0.2, 0) is 6.42 Å². The van der Waals surface area contributed by atoms with Crippen molar-refractivity contribution in [3.8, 4) is 0 Å². The molecule has 126 valence electrons. The van der Waals surface area contributed by atoms with E-state index in [4.69, 9.17) is 4.98 Å². The summed E-state index contributed by atoms with van der Waals surface area (Å²) in [6.07, 6.45) is 3.95. The Labute approximate surface area is 147 Å². The van der Waals surface area contributed by atoms with Gasteiger partial charge in [-0.15, -0.1) is 5.10 Å². The Bertz CT molecular complexity index is 886. The second-order valence-corrected chi connectivity index (χ2v) is 6.52. The van der Waals surface area contributed by atoms with Gasteiger partial charge in [-0.25, -0.2) is 0 Å². The Morgan fingerprint density at radius 2 is 1.84 bits per heavy atom. The molecule has 2 heterocycles. The molecule has 2 aromatic carbocycles. The van der Waals surface area contributed by atoms with Crippen molar-refractivity contribution < 1.29 is 0 Å². The van der Waals surface area contributed by atoms with Crippen molar-refractivity contribution in [2.75, 3.05) is 16.8 Å². The van der Waals surface area contributed by atoms with E-state index in [1.54, 1.807) is 6.20 Å². The van der Waals surface area contributed by atoms with Crippen LogP contribution in [0.25, 0.3) is 0 Å². The summed E-state index contributed by atoms with van der Waals surface area (Å²) < 4.78 is 0. The quantitative estimate of drug-likeness (QED) is 0.775. The summed E-state index contributed by atoms with van der Waals surface area (Å²) in [6.45, 7) is 5.11. The minimum absolute atomic E-state index is 0.519. The number of aromatic nitrogens is 3. The number of para-hydroxylation sites is 1. The zero-order chi connectivity index (χ0) is 17.2. The summed E-state index contributed by atoms with van der Waals surface area (Å²) in [5, 5.41) is 11.6. The molecule has 1 aliphatic rings. The number of benzene rings is 2. The third-order valence-corrected chi connectivity index (χ3v) is 4.41. The molecule has 0 radical (unpaired) electrons. The molecule has 0 aliphatic carbocycles. The molecule has 5 heteroatoms. The van der Waals surface area contributed by atoms with Gasteiger partial charge in [0, 0.05) is 17.9 Å². The Hall–Kier alpha value is -2.95. The van der Waals surface area contributed by atoms with Gasteiger partial charge in [0.2, 0.25) is 5.95 Å². The molecule has 1 N–H and O–H groups in total. The van der Waals surface area contributed by atoms with Crippen LogP contribution < -0.4 is 10.2 Å². The van der Waals surface area contributed by atoms with E-state index in [2.05, 4.69) is 76.7 Å². The SMILES string of the molecule is Cc1cc(C)cc(Nc2nncc(N3CCCc4ccccc43)n2)c1. The van der Waals surface area contributed by atoms with Crippen LogP contribution in [0.2, 0.25) is 0 Å². The van der Waals surface area contributed by atoms with Gasteiger partial charge in [0.15, 0.2) is 5.82 Å². The number of rotatable bonds is 3. The predicted octanol–water partition coefficient (Wildman–Crippen LogP) is 4.32. The highest BCUT2D eigenvalue weighted by atomic mass is 15.3. The number of hydrogen-bond donors (Lipinski definition) is 1. The molecule has 4 rings (SSSR count). The minimum Gasteiger partial charge on any atom is -0.325 e. The molecule has 0 unspecified atom stereocenters. The van der Waals surface area contributed by atoms with E-state index in [1.807, 2.05) is 0 Å². The van der Waals surface area contributed by atoms with Crippen molar-refractivity contribution in [2.45, 2.75) is 26.7 Å². The number of nitrogens with one attached hydrogen (secondary N) is 1. The van der Waals surface area contributed by atoms with Crippen molar-refractivity contribution in [3.63, 3.8) is 0 Å². The van der Waals surface area contributed by atoms with Crippen LogP contribution in [0.5, 0.6) is 0 Å².